The fraction of sp³-hybridized carbons (Fsp3) is 0.300. The Bertz CT molecular complexity index is 440. The lowest BCUT2D eigenvalue weighted by Gasteiger charge is -1.94. The summed E-state index contributed by atoms with van der Waals surface area (Å²) in [5.74, 6) is -0.518. The third-order valence-corrected chi connectivity index (χ3v) is 1.75. The summed E-state index contributed by atoms with van der Waals surface area (Å²) in [7, 11) is 0. The first-order valence-electron chi connectivity index (χ1n) is 4.50. The van der Waals surface area contributed by atoms with E-state index in [1.807, 2.05) is 13.8 Å². The summed E-state index contributed by atoms with van der Waals surface area (Å²) < 4.78 is 4.81. The van der Waals surface area contributed by atoms with Crippen LogP contribution in [0.5, 0.6) is 5.75 Å². The number of hydrogen-bond acceptors (Lipinski definition) is 3. The molecular weight excluding hydrogens is 182 g/mol. The molecule has 76 valence electrons. The smallest absolute Gasteiger partial charge is 0.417 e. The maximum absolute atomic E-state index is 10.8. The van der Waals surface area contributed by atoms with Crippen LogP contribution in [0, 0.1) is 6.92 Å². The van der Waals surface area contributed by atoms with Crippen LogP contribution in [0.3, 0.4) is 0 Å². The van der Waals surface area contributed by atoms with E-state index in [0.29, 0.717) is 11.1 Å². The number of nitrogens with one attached hydrogen (secondary N) is 1. The van der Waals surface area contributed by atoms with Crippen molar-refractivity contribution in [2.45, 2.75) is 20.8 Å². The minimum Gasteiger partial charge on any atom is -0.506 e. The zero-order valence-corrected chi connectivity index (χ0v) is 8.42. The van der Waals surface area contributed by atoms with Gasteiger partial charge in [0, 0.05) is 0 Å². The molecule has 0 unspecified atom stereocenters. The van der Waals surface area contributed by atoms with Crippen molar-refractivity contribution in [2.75, 3.05) is 0 Å². The summed E-state index contributed by atoms with van der Waals surface area (Å²) in [6.07, 6.45) is 0. The van der Waals surface area contributed by atoms with Crippen molar-refractivity contribution in [3.8, 4) is 5.75 Å². The monoisotopic (exact) mass is 195 g/mol. The van der Waals surface area contributed by atoms with Gasteiger partial charge in [0.15, 0.2) is 5.58 Å². The highest BCUT2D eigenvalue weighted by Crippen LogP contribution is 2.23. The Labute approximate surface area is 81.2 Å². The molecule has 1 aromatic carbocycles. The molecule has 14 heavy (non-hydrogen) atoms. The standard InChI is InChI=1S/C8H7NO3.C2H6/c1-4-2-3-5(10)6-7(4)12-8(11)9-6;1-2/h2-3,10H,1H3,(H,9,11);1-2H3. The Morgan fingerprint density at radius 2 is 2.00 bits per heavy atom. The third kappa shape index (κ3) is 1.64. The van der Waals surface area contributed by atoms with E-state index in [1.165, 1.54) is 6.07 Å². The number of hydrogen-bond donors (Lipinski definition) is 2. The van der Waals surface area contributed by atoms with E-state index in [9.17, 15) is 9.90 Å². The molecule has 1 aromatic heterocycles. The van der Waals surface area contributed by atoms with Crippen molar-refractivity contribution >= 4 is 11.1 Å². The second-order valence-corrected chi connectivity index (χ2v) is 2.62. The normalized spacial score (nSPS) is 9.64. The van der Waals surface area contributed by atoms with Gasteiger partial charge in [-0.2, -0.15) is 0 Å². The van der Waals surface area contributed by atoms with E-state index in [1.54, 1.807) is 13.0 Å². The van der Waals surface area contributed by atoms with Crippen molar-refractivity contribution in [1.82, 2.24) is 4.98 Å². The van der Waals surface area contributed by atoms with Gasteiger partial charge in [0.1, 0.15) is 11.3 Å². The number of fused-ring (bicyclic) bond motifs is 1. The van der Waals surface area contributed by atoms with Gasteiger partial charge in [-0.1, -0.05) is 19.9 Å². The Morgan fingerprint density at radius 3 is 2.57 bits per heavy atom. The van der Waals surface area contributed by atoms with Gasteiger partial charge >= 0.3 is 5.76 Å². The molecule has 4 nitrogen and oxygen atoms in total. The van der Waals surface area contributed by atoms with Crippen molar-refractivity contribution < 1.29 is 9.52 Å². The predicted octanol–water partition coefficient (Wildman–Crippen LogP) is 2.16. The van der Waals surface area contributed by atoms with Crippen LogP contribution in [0.1, 0.15) is 19.4 Å². The minimum atomic E-state index is -0.547. The summed E-state index contributed by atoms with van der Waals surface area (Å²) in [6, 6.07) is 3.21. The second kappa shape index (κ2) is 4.00. The summed E-state index contributed by atoms with van der Waals surface area (Å²) >= 11 is 0. The van der Waals surface area contributed by atoms with Gasteiger partial charge in [0.2, 0.25) is 0 Å². The lowest BCUT2D eigenvalue weighted by molar-refractivity contribution is 0.480. The van der Waals surface area contributed by atoms with Crippen molar-refractivity contribution in [3.63, 3.8) is 0 Å². The molecule has 0 aliphatic heterocycles. The van der Waals surface area contributed by atoms with Gasteiger partial charge in [-0.05, 0) is 18.6 Å². The molecule has 0 saturated heterocycles. The molecule has 0 spiro atoms. The first-order chi connectivity index (χ1) is 6.68. The Morgan fingerprint density at radius 1 is 1.36 bits per heavy atom. The van der Waals surface area contributed by atoms with Crippen LogP contribution in [0.4, 0.5) is 0 Å². The largest absolute Gasteiger partial charge is 0.506 e. The maximum Gasteiger partial charge on any atom is 0.417 e. The lowest BCUT2D eigenvalue weighted by Crippen LogP contribution is -1.92. The van der Waals surface area contributed by atoms with Crippen molar-refractivity contribution in [3.05, 3.63) is 28.2 Å². The highest BCUT2D eigenvalue weighted by atomic mass is 16.4. The van der Waals surface area contributed by atoms with Crippen molar-refractivity contribution in [2.24, 2.45) is 0 Å². The van der Waals surface area contributed by atoms with Gasteiger partial charge in [-0.3, -0.25) is 4.98 Å². The topological polar surface area (TPSA) is 66.2 Å². The molecule has 0 amide bonds. The summed E-state index contributed by atoms with van der Waals surface area (Å²) in [4.78, 5) is 13.2. The molecule has 1 heterocycles. The molecule has 0 bridgehead atoms. The van der Waals surface area contributed by atoms with E-state index in [-0.39, 0.29) is 5.75 Å². The van der Waals surface area contributed by atoms with E-state index in [0.717, 1.165) is 5.56 Å². The van der Waals surface area contributed by atoms with Crippen LogP contribution < -0.4 is 5.76 Å². The van der Waals surface area contributed by atoms with Crippen molar-refractivity contribution in [1.29, 1.82) is 0 Å². The Kier molecular flexibility index (Phi) is 2.96. The van der Waals surface area contributed by atoms with E-state index < -0.39 is 5.76 Å². The first-order valence-corrected chi connectivity index (χ1v) is 4.50. The van der Waals surface area contributed by atoms with Gasteiger partial charge in [0.25, 0.3) is 0 Å². The number of benzene rings is 1. The summed E-state index contributed by atoms with van der Waals surface area (Å²) in [5.41, 5.74) is 1.60. The zero-order valence-electron chi connectivity index (χ0n) is 8.42. The number of aryl methyl sites for hydroxylation is 1. The minimum absolute atomic E-state index is 0.0291. The predicted molar refractivity (Wildman–Crippen MR) is 54.6 cm³/mol. The molecule has 2 aromatic rings. The fourth-order valence-corrected chi connectivity index (χ4v) is 1.15. The quantitative estimate of drug-likeness (QED) is 0.677. The molecule has 0 fully saturated rings. The number of aromatic hydroxyl groups is 1. The molecule has 2 rings (SSSR count). The Balaban J connectivity index is 0.000000461. The van der Waals surface area contributed by atoms with Gasteiger partial charge in [0.05, 0.1) is 0 Å². The molecular formula is C10H13NO3. The number of aromatic amines is 1. The van der Waals surface area contributed by atoms with Crippen LogP contribution in [0.2, 0.25) is 0 Å². The van der Waals surface area contributed by atoms with E-state index in [4.69, 9.17) is 4.42 Å². The van der Waals surface area contributed by atoms with Gasteiger partial charge in [-0.15, -0.1) is 0 Å². The molecule has 0 aliphatic rings. The first kappa shape index (κ1) is 10.4. The number of oxazole rings is 1. The molecule has 0 saturated carbocycles. The highest BCUT2D eigenvalue weighted by molar-refractivity contribution is 5.81. The van der Waals surface area contributed by atoms with E-state index >= 15 is 0 Å². The second-order valence-electron chi connectivity index (χ2n) is 2.62. The molecule has 2 N–H and O–H groups in total. The zero-order chi connectivity index (χ0) is 10.7. The third-order valence-electron chi connectivity index (χ3n) is 1.75. The SMILES string of the molecule is CC.Cc1ccc(O)c2[nH]c(=O)oc12. The van der Waals surface area contributed by atoms with Crippen LogP contribution in [0.15, 0.2) is 21.3 Å². The number of phenolic OH excluding ortho intramolecular Hbond substituents is 1. The molecule has 0 aliphatic carbocycles. The lowest BCUT2D eigenvalue weighted by atomic mass is 10.2. The van der Waals surface area contributed by atoms with Crippen LogP contribution in [-0.4, -0.2) is 10.1 Å². The van der Waals surface area contributed by atoms with Crippen LogP contribution >= 0.6 is 0 Å². The number of aromatic nitrogens is 1. The maximum atomic E-state index is 10.8. The number of H-pyrrole nitrogens is 1. The molecule has 4 heteroatoms. The average molecular weight is 195 g/mol. The number of rotatable bonds is 0. The molecule has 0 atom stereocenters. The average Bonchev–Trinajstić information content (AvgIpc) is 2.58. The summed E-state index contributed by atoms with van der Waals surface area (Å²) in [5, 5.41) is 9.28. The number of phenols is 1. The summed E-state index contributed by atoms with van der Waals surface area (Å²) in [6.45, 7) is 5.80. The van der Waals surface area contributed by atoms with Crippen LogP contribution in [0.25, 0.3) is 11.1 Å². The van der Waals surface area contributed by atoms with Gasteiger partial charge in [-0.25, -0.2) is 4.79 Å². The Hall–Kier alpha value is -1.71. The van der Waals surface area contributed by atoms with Crippen LogP contribution in [-0.2, 0) is 0 Å². The van der Waals surface area contributed by atoms with E-state index in [2.05, 4.69) is 4.98 Å². The van der Waals surface area contributed by atoms with Gasteiger partial charge < -0.3 is 9.52 Å². The molecule has 0 radical (unpaired) electrons. The fourth-order valence-electron chi connectivity index (χ4n) is 1.15. The highest BCUT2D eigenvalue weighted by Gasteiger charge is 2.07.